The first kappa shape index (κ1) is 22.0. The molecule has 1 spiro atoms. The molecule has 0 bridgehead atoms. The first-order valence-electron chi connectivity index (χ1n) is 11.8. The van der Waals surface area contributed by atoms with Crippen molar-refractivity contribution in [3.8, 4) is 0 Å². The van der Waals surface area contributed by atoms with Gasteiger partial charge in [0.05, 0.1) is 17.1 Å². The Morgan fingerprint density at radius 1 is 1.15 bits per heavy atom. The highest BCUT2D eigenvalue weighted by Crippen LogP contribution is 2.43. The molecular formula is C25H30N4O4. The molecule has 1 N–H and O–H groups in total. The van der Waals surface area contributed by atoms with Gasteiger partial charge in [0.15, 0.2) is 0 Å². The molecule has 33 heavy (non-hydrogen) atoms. The van der Waals surface area contributed by atoms with Crippen molar-refractivity contribution in [2.45, 2.75) is 52.2 Å². The molecule has 1 aromatic heterocycles. The average Bonchev–Trinajstić information content (AvgIpc) is 3.36. The number of likely N-dealkylation sites (tertiary alicyclic amines) is 1. The monoisotopic (exact) mass is 450 g/mol. The maximum Gasteiger partial charge on any atom is 0.338 e. The Labute approximate surface area is 193 Å². The zero-order chi connectivity index (χ0) is 23.2. The number of β-amino-alcohol motifs (C(OH)–C–C–N with tert-alkyl or cyclic N) is 1. The second-order valence-corrected chi connectivity index (χ2v) is 9.37. The van der Waals surface area contributed by atoms with Crippen LogP contribution in [-0.4, -0.2) is 58.0 Å². The second kappa shape index (κ2) is 8.50. The van der Waals surface area contributed by atoms with Gasteiger partial charge in [0, 0.05) is 31.3 Å². The van der Waals surface area contributed by atoms with Crippen LogP contribution in [-0.2, 0) is 22.6 Å². The van der Waals surface area contributed by atoms with E-state index in [1.807, 2.05) is 30.9 Å². The van der Waals surface area contributed by atoms with Crippen molar-refractivity contribution < 1.29 is 19.4 Å². The fourth-order valence-corrected chi connectivity index (χ4v) is 5.45. The van der Waals surface area contributed by atoms with Crippen LogP contribution in [0.15, 0.2) is 24.4 Å². The molecule has 1 unspecified atom stereocenters. The lowest BCUT2D eigenvalue weighted by atomic mass is 9.77. The highest BCUT2D eigenvalue weighted by Gasteiger charge is 2.49. The second-order valence-electron chi connectivity index (χ2n) is 9.37. The van der Waals surface area contributed by atoms with Gasteiger partial charge in [-0.25, -0.2) is 14.8 Å². The lowest BCUT2D eigenvalue weighted by molar-refractivity contribution is -0.128. The number of aryl methyl sites for hydroxylation is 1. The first-order chi connectivity index (χ1) is 15.9. The van der Waals surface area contributed by atoms with Gasteiger partial charge in [-0.1, -0.05) is 13.0 Å². The number of benzene rings is 1. The normalized spacial score (nSPS) is 20.9. The number of amides is 1. The van der Waals surface area contributed by atoms with Crippen molar-refractivity contribution in [3.05, 3.63) is 52.5 Å². The Morgan fingerprint density at radius 2 is 1.91 bits per heavy atom. The Balaban J connectivity index is 1.23. The molecule has 4 heterocycles. The van der Waals surface area contributed by atoms with Crippen molar-refractivity contribution in [3.63, 3.8) is 0 Å². The molecule has 2 aromatic rings. The number of ether oxygens (including phenoxy) is 1. The number of aliphatic hydroxyl groups excluding tert-OH is 1. The molecule has 5 rings (SSSR count). The highest BCUT2D eigenvalue weighted by atomic mass is 16.5. The zero-order valence-electron chi connectivity index (χ0n) is 19.2. The van der Waals surface area contributed by atoms with Crippen molar-refractivity contribution in [1.29, 1.82) is 0 Å². The van der Waals surface area contributed by atoms with Crippen LogP contribution in [0.2, 0.25) is 0 Å². The number of cyclic esters (lactones) is 1. The molecule has 1 atom stereocenters. The number of hydrogen-bond acceptors (Lipinski definition) is 7. The minimum Gasteiger partial charge on any atom is -0.457 e. The number of piperidine rings is 1. The van der Waals surface area contributed by atoms with Gasteiger partial charge >= 0.3 is 5.97 Å². The average molecular weight is 451 g/mol. The maximum absolute atomic E-state index is 13.4. The Kier molecular flexibility index (Phi) is 5.66. The van der Waals surface area contributed by atoms with Gasteiger partial charge in [-0.3, -0.25) is 9.69 Å². The third kappa shape index (κ3) is 3.81. The number of hydrogen-bond donors (Lipinski definition) is 1. The van der Waals surface area contributed by atoms with E-state index in [0.29, 0.717) is 24.5 Å². The molecule has 0 radical (unpaired) electrons. The van der Waals surface area contributed by atoms with Crippen LogP contribution < -0.4 is 4.90 Å². The maximum atomic E-state index is 13.4. The van der Waals surface area contributed by atoms with Gasteiger partial charge in [0.25, 0.3) is 0 Å². The molecule has 8 nitrogen and oxygen atoms in total. The van der Waals surface area contributed by atoms with E-state index in [4.69, 9.17) is 4.74 Å². The van der Waals surface area contributed by atoms with E-state index >= 15 is 0 Å². The first-order valence-corrected chi connectivity index (χ1v) is 11.8. The fraction of sp³-hybridized carbons (Fsp3) is 0.520. The summed E-state index contributed by atoms with van der Waals surface area (Å²) in [6.07, 6.45) is 4.23. The lowest BCUT2D eigenvalue weighted by Crippen LogP contribution is -2.45. The summed E-state index contributed by atoms with van der Waals surface area (Å²) in [5.41, 5.74) is 2.91. The predicted molar refractivity (Wildman–Crippen MR) is 122 cm³/mol. The largest absolute Gasteiger partial charge is 0.457 e. The van der Waals surface area contributed by atoms with E-state index in [1.165, 1.54) is 0 Å². The molecule has 2 saturated heterocycles. The number of aliphatic hydroxyl groups is 1. The van der Waals surface area contributed by atoms with Crippen molar-refractivity contribution in [2.24, 2.45) is 5.41 Å². The summed E-state index contributed by atoms with van der Waals surface area (Å²) in [5, 5.41) is 10.9. The van der Waals surface area contributed by atoms with Gasteiger partial charge in [-0.2, -0.15) is 0 Å². The molecule has 174 valence electrons. The van der Waals surface area contributed by atoms with E-state index in [0.717, 1.165) is 61.3 Å². The number of rotatable bonds is 5. The standard InChI is InChI=1S/C25H30N4O4/c1-3-21-26-10-6-22(27-21)29-13-9-25(24(29)32)7-11-28(12-8-25)14-20(30)17-4-5-18-19(16(17)2)15-33-23(18)31/h4-6,10,20,30H,3,7-9,11-15H2,1-2H3. The van der Waals surface area contributed by atoms with Crippen LogP contribution >= 0.6 is 0 Å². The number of carbonyl (C=O) groups is 2. The van der Waals surface area contributed by atoms with E-state index in [1.54, 1.807) is 12.3 Å². The summed E-state index contributed by atoms with van der Waals surface area (Å²) in [6, 6.07) is 5.41. The third-order valence-electron chi connectivity index (χ3n) is 7.61. The fourth-order valence-electron chi connectivity index (χ4n) is 5.45. The highest BCUT2D eigenvalue weighted by molar-refractivity contribution is 5.99. The van der Waals surface area contributed by atoms with Crippen LogP contribution in [0.3, 0.4) is 0 Å². The van der Waals surface area contributed by atoms with Crippen LogP contribution in [0.4, 0.5) is 5.82 Å². The van der Waals surface area contributed by atoms with E-state index < -0.39 is 6.10 Å². The van der Waals surface area contributed by atoms with Crippen molar-refractivity contribution in [1.82, 2.24) is 14.9 Å². The van der Waals surface area contributed by atoms with Gasteiger partial charge in [-0.05, 0) is 62.5 Å². The van der Waals surface area contributed by atoms with Crippen LogP contribution in [0.5, 0.6) is 0 Å². The SMILES string of the molecule is CCc1nccc(N2CCC3(CCN(CC(O)c4ccc5c(c4C)COC5=O)CC3)C2=O)n1. The summed E-state index contributed by atoms with van der Waals surface area (Å²) >= 11 is 0. The summed E-state index contributed by atoms with van der Waals surface area (Å²) in [4.78, 5) is 38.0. The number of nitrogens with zero attached hydrogens (tertiary/aromatic N) is 4. The van der Waals surface area contributed by atoms with Crippen molar-refractivity contribution in [2.75, 3.05) is 31.1 Å². The third-order valence-corrected chi connectivity index (χ3v) is 7.61. The van der Waals surface area contributed by atoms with E-state index in [9.17, 15) is 14.7 Å². The minimum absolute atomic E-state index is 0.169. The molecule has 2 fully saturated rings. The number of carbonyl (C=O) groups excluding carboxylic acids is 2. The molecule has 1 amide bonds. The number of aromatic nitrogens is 2. The van der Waals surface area contributed by atoms with E-state index in [-0.39, 0.29) is 23.9 Å². The summed E-state index contributed by atoms with van der Waals surface area (Å²) in [7, 11) is 0. The predicted octanol–water partition coefficient (Wildman–Crippen LogP) is 2.57. The molecule has 1 aromatic carbocycles. The molecule has 8 heteroatoms. The summed E-state index contributed by atoms with van der Waals surface area (Å²) in [6.45, 7) is 6.96. The lowest BCUT2D eigenvalue weighted by Gasteiger charge is -2.38. The van der Waals surface area contributed by atoms with E-state index in [2.05, 4.69) is 14.9 Å². The summed E-state index contributed by atoms with van der Waals surface area (Å²) in [5.74, 6) is 1.33. The Morgan fingerprint density at radius 3 is 2.67 bits per heavy atom. The minimum atomic E-state index is -0.649. The van der Waals surface area contributed by atoms with Gasteiger partial charge in [0.1, 0.15) is 18.2 Å². The zero-order valence-corrected chi connectivity index (χ0v) is 19.2. The molecule has 0 saturated carbocycles. The Hall–Kier alpha value is -2.84. The van der Waals surface area contributed by atoms with Crippen LogP contribution in [0.1, 0.15) is 65.2 Å². The van der Waals surface area contributed by atoms with Crippen LogP contribution in [0, 0.1) is 12.3 Å². The molecule has 3 aliphatic heterocycles. The number of fused-ring (bicyclic) bond motifs is 1. The molecular weight excluding hydrogens is 420 g/mol. The quantitative estimate of drug-likeness (QED) is 0.700. The number of anilines is 1. The van der Waals surface area contributed by atoms with Crippen molar-refractivity contribution >= 4 is 17.7 Å². The molecule has 0 aliphatic carbocycles. The van der Waals surface area contributed by atoms with Gasteiger partial charge in [0.2, 0.25) is 5.91 Å². The molecule has 3 aliphatic rings. The Bertz CT molecular complexity index is 1090. The smallest absolute Gasteiger partial charge is 0.338 e. The van der Waals surface area contributed by atoms with Crippen LogP contribution in [0.25, 0.3) is 0 Å². The van der Waals surface area contributed by atoms with Gasteiger partial charge < -0.3 is 14.7 Å². The van der Waals surface area contributed by atoms with Gasteiger partial charge in [-0.15, -0.1) is 0 Å². The topological polar surface area (TPSA) is 95.9 Å². The number of esters is 1. The summed E-state index contributed by atoms with van der Waals surface area (Å²) < 4.78 is 5.13.